The fourth-order valence-corrected chi connectivity index (χ4v) is 9.89. The third-order valence-electron chi connectivity index (χ3n) is 10.9. The summed E-state index contributed by atoms with van der Waals surface area (Å²) in [6, 6.07) is 17.6. The monoisotopic (exact) mass is 980 g/mol. The number of unbranched alkanes of at least 4 members (excludes halogenated alkanes) is 2. The van der Waals surface area contributed by atoms with Crippen LogP contribution in [-0.4, -0.2) is 118 Å². The molecule has 0 saturated carbocycles. The van der Waals surface area contributed by atoms with Crippen molar-refractivity contribution in [2.45, 2.75) is 58.3 Å². The Morgan fingerprint density at radius 1 is 0.647 bits per heavy atom. The van der Waals surface area contributed by atoms with E-state index in [-0.39, 0.29) is 108 Å². The zero-order valence-electron chi connectivity index (χ0n) is 37.0. The number of rotatable bonds is 23. The molecule has 0 atom stereocenters. The summed E-state index contributed by atoms with van der Waals surface area (Å²) in [6.07, 6.45) is 2.90. The summed E-state index contributed by atoms with van der Waals surface area (Å²) in [5.74, 6) is -3.47. The van der Waals surface area contributed by atoms with E-state index in [1.807, 2.05) is 9.44 Å². The minimum Gasteiger partial charge on any atom is -0.507 e. The summed E-state index contributed by atoms with van der Waals surface area (Å²) in [5.41, 5.74) is 1.07. The Hall–Kier alpha value is -7.27. The molecule has 0 radical (unpaired) electrons. The molecule has 0 bridgehead atoms. The molecule has 364 valence electrons. The Balaban J connectivity index is 1.02. The number of ether oxygens (including phenoxy) is 2. The average molecular weight is 981 g/mol. The van der Waals surface area contributed by atoms with Gasteiger partial charge in [-0.25, -0.2) is 18.1 Å². The highest BCUT2D eigenvalue weighted by Gasteiger charge is 2.36. The van der Waals surface area contributed by atoms with Gasteiger partial charge < -0.3 is 40.1 Å². The standard InChI is InChI=1S/C45H52N6O15S2/c1-29(52)43-34(53)10-6-12-38(43)65-24-5-3-21-49(22-8-9-30-14-17-32(36(55)25-30)50-27-41(58)47-67(50,61)62)45(60)44-35(54)11-7-13-39(44)66-23-4-2-20-46-40(57)19-16-31-15-18-33(37(56)26-31)51-28-42(59)48-68(51,63)64/h6-7,10-15,17-18,25-26,53-56H,2-5,8-9,16,19-24,27-28H2,1H3,(H,46,57)(H,47,58)(H,48,59). The van der Waals surface area contributed by atoms with Crippen molar-refractivity contribution < 1.29 is 70.7 Å². The van der Waals surface area contributed by atoms with E-state index in [0.717, 1.165) is 8.61 Å². The van der Waals surface area contributed by atoms with Gasteiger partial charge in [-0.1, -0.05) is 24.3 Å². The van der Waals surface area contributed by atoms with Crippen LogP contribution in [0.1, 0.15) is 77.3 Å². The van der Waals surface area contributed by atoms with Crippen LogP contribution in [0.25, 0.3) is 0 Å². The fourth-order valence-electron chi connectivity index (χ4n) is 7.56. The predicted molar refractivity (Wildman–Crippen MR) is 246 cm³/mol. The minimum atomic E-state index is -4.14. The Bertz CT molecular complexity index is 2790. The van der Waals surface area contributed by atoms with Crippen LogP contribution < -0.4 is 32.8 Å². The maximum absolute atomic E-state index is 14.3. The van der Waals surface area contributed by atoms with E-state index < -0.39 is 51.2 Å². The number of aryl methyl sites for hydroxylation is 2. The Labute approximate surface area is 392 Å². The van der Waals surface area contributed by atoms with Crippen molar-refractivity contribution in [3.8, 4) is 34.5 Å². The molecule has 4 amide bonds. The quantitative estimate of drug-likeness (QED) is 0.0415. The van der Waals surface area contributed by atoms with Crippen molar-refractivity contribution in [2.75, 3.05) is 54.5 Å². The minimum absolute atomic E-state index is 0.0611. The normalized spacial score (nSPS) is 14.8. The molecule has 7 N–H and O–H groups in total. The topological polar surface area (TPSA) is 299 Å². The van der Waals surface area contributed by atoms with E-state index >= 15 is 0 Å². The van der Waals surface area contributed by atoms with Crippen molar-refractivity contribution in [3.63, 3.8) is 0 Å². The third kappa shape index (κ3) is 12.6. The second-order valence-electron chi connectivity index (χ2n) is 15.9. The molecule has 6 rings (SSSR count). The largest absolute Gasteiger partial charge is 0.507 e. The van der Waals surface area contributed by atoms with Crippen LogP contribution >= 0.6 is 0 Å². The summed E-state index contributed by atoms with van der Waals surface area (Å²) >= 11 is 0. The van der Waals surface area contributed by atoms with E-state index in [1.165, 1.54) is 49.4 Å². The molecule has 0 spiro atoms. The number of phenolic OH excluding ortho intramolecular Hbond substituents is 4. The van der Waals surface area contributed by atoms with Crippen molar-refractivity contribution in [1.82, 2.24) is 19.7 Å². The number of anilines is 2. The summed E-state index contributed by atoms with van der Waals surface area (Å²) in [7, 11) is -8.24. The molecule has 0 aliphatic carbocycles. The number of nitrogens with one attached hydrogen (secondary N) is 3. The second-order valence-corrected chi connectivity index (χ2v) is 19.1. The number of benzene rings is 4. The Kier molecular flexibility index (Phi) is 16.2. The summed E-state index contributed by atoms with van der Waals surface area (Å²) in [5, 5.41) is 45.1. The van der Waals surface area contributed by atoms with Crippen LogP contribution in [0.15, 0.2) is 72.8 Å². The molecule has 0 unspecified atom stereocenters. The lowest BCUT2D eigenvalue weighted by Gasteiger charge is -2.25. The summed E-state index contributed by atoms with van der Waals surface area (Å²) in [6.45, 7) is 1.38. The van der Waals surface area contributed by atoms with E-state index in [0.29, 0.717) is 56.2 Å². The van der Waals surface area contributed by atoms with Crippen molar-refractivity contribution >= 4 is 61.2 Å². The van der Waals surface area contributed by atoms with Gasteiger partial charge >= 0.3 is 20.4 Å². The number of nitrogens with zero attached hydrogens (tertiary/aromatic N) is 3. The molecule has 2 saturated heterocycles. The number of aromatic hydroxyl groups is 4. The van der Waals surface area contributed by atoms with E-state index in [4.69, 9.17) is 9.47 Å². The molecule has 2 aliphatic rings. The number of amides is 4. The van der Waals surface area contributed by atoms with Gasteiger partial charge in [0.15, 0.2) is 5.78 Å². The first-order valence-electron chi connectivity index (χ1n) is 21.6. The zero-order chi connectivity index (χ0) is 49.2. The number of carbonyl (C=O) groups is 5. The SMILES string of the molecule is CC(=O)c1c(O)cccc1OCCCCN(CCCc1ccc(N2CC(=O)NS2(=O)=O)c(O)c1)C(=O)c1c(O)cccc1OCCCCNC(=O)CCc1ccc(N2CC(=O)NS2(=O)=O)c(O)c1. The van der Waals surface area contributed by atoms with Gasteiger partial charge in [-0.3, -0.25) is 24.0 Å². The first kappa shape index (κ1) is 50.1. The molecule has 2 aliphatic heterocycles. The zero-order valence-corrected chi connectivity index (χ0v) is 38.6. The second kappa shape index (κ2) is 22.0. The number of hydrogen-bond acceptors (Lipinski definition) is 15. The molecular formula is C45H52N6O15S2. The first-order chi connectivity index (χ1) is 32.3. The lowest BCUT2D eigenvalue weighted by atomic mass is 10.1. The molecule has 0 aromatic heterocycles. The number of phenols is 4. The van der Waals surface area contributed by atoms with E-state index in [2.05, 4.69) is 5.32 Å². The van der Waals surface area contributed by atoms with Crippen LogP contribution in [0.2, 0.25) is 0 Å². The highest BCUT2D eigenvalue weighted by atomic mass is 32.2. The van der Waals surface area contributed by atoms with Crippen LogP contribution in [0, 0.1) is 0 Å². The summed E-state index contributed by atoms with van der Waals surface area (Å²) in [4.78, 5) is 63.8. The summed E-state index contributed by atoms with van der Waals surface area (Å²) < 4.78 is 66.0. The van der Waals surface area contributed by atoms with Gasteiger partial charge in [0.05, 0.1) is 24.6 Å². The van der Waals surface area contributed by atoms with Crippen molar-refractivity contribution in [1.29, 1.82) is 0 Å². The smallest absolute Gasteiger partial charge is 0.326 e. The molecule has 2 fully saturated rings. The van der Waals surface area contributed by atoms with Crippen LogP contribution in [0.5, 0.6) is 34.5 Å². The number of Topliss-reactive ketones (excluding diaryl/α,β-unsaturated/α-hetero) is 1. The highest BCUT2D eigenvalue weighted by Crippen LogP contribution is 2.34. The highest BCUT2D eigenvalue weighted by molar-refractivity contribution is 7.92. The Morgan fingerprint density at radius 2 is 1.15 bits per heavy atom. The fraction of sp³-hybridized carbons (Fsp3) is 0.356. The van der Waals surface area contributed by atoms with Gasteiger partial charge in [-0.2, -0.15) is 16.8 Å². The van der Waals surface area contributed by atoms with Gasteiger partial charge in [-0.15, -0.1) is 0 Å². The lowest BCUT2D eigenvalue weighted by molar-refractivity contribution is -0.121. The molecule has 2 heterocycles. The number of ketones is 1. The van der Waals surface area contributed by atoms with Gasteiger partial charge in [0.25, 0.3) is 17.7 Å². The maximum Gasteiger partial charge on any atom is 0.326 e. The van der Waals surface area contributed by atoms with Gasteiger partial charge in [0, 0.05) is 26.1 Å². The van der Waals surface area contributed by atoms with Crippen LogP contribution in [0.4, 0.5) is 11.4 Å². The molecule has 68 heavy (non-hydrogen) atoms. The van der Waals surface area contributed by atoms with Gasteiger partial charge in [0.2, 0.25) is 5.91 Å². The van der Waals surface area contributed by atoms with E-state index in [9.17, 15) is 61.2 Å². The predicted octanol–water partition coefficient (Wildman–Crippen LogP) is 2.92. The van der Waals surface area contributed by atoms with E-state index in [1.54, 1.807) is 35.2 Å². The molecular weight excluding hydrogens is 929 g/mol. The number of hydrogen-bond donors (Lipinski definition) is 7. The molecule has 4 aromatic carbocycles. The maximum atomic E-state index is 14.3. The Morgan fingerprint density at radius 3 is 1.66 bits per heavy atom. The molecule has 23 heteroatoms. The van der Waals surface area contributed by atoms with Crippen LogP contribution in [0.3, 0.4) is 0 Å². The van der Waals surface area contributed by atoms with Crippen LogP contribution in [-0.2, 0) is 47.6 Å². The molecule has 21 nitrogen and oxygen atoms in total. The number of carbonyl (C=O) groups excluding carboxylic acids is 5. The van der Waals surface area contributed by atoms with Crippen molar-refractivity contribution in [2.24, 2.45) is 0 Å². The first-order valence-corrected chi connectivity index (χ1v) is 24.5. The lowest BCUT2D eigenvalue weighted by Crippen LogP contribution is -2.34. The van der Waals surface area contributed by atoms with Crippen molar-refractivity contribution in [3.05, 3.63) is 95.1 Å². The molecule has 4 aromatic rings. The third-order valence-corrected chi connectivity index (χ3v) is 13.7. The van der Waals surface area contributed by atoms with Gasteiger partial charge in [-0.05, 0) is 112 Å². The average Bonchev–Trinajstić information content (AvgIpc) is 3.71. The van der Waals surface area contributed by atoms with Gasteiger partial charge in [0.1, 0.15) is 58.7 Å².